The molecule has 0 saturated carbocycles. The summed E-state index contributed by atoms with van der Waals surface area (Å²) in [5.74, 6) is 0. The summed E-state index contributed by atoms with van der Waals surface area (Å²) in [6.45, 7) is 14.9. The number of nitrogens with two attached hydrogens (primary N) is 1. The number of hydrogen-bond donors (Lipinski definition) is 1. The lowest BCUT2D eigenvalue weighted by molar-refractivity contribution is 0.118. The van der Waals surface area contributed by atoms with Gasteiger partial charge >= 0.3 is 0 Å². The van der Waals surface area contributed by atoms with Gasteiger partial charge in [-0.25, -0.2) is 0 Å². The molecule has 0 spiro atoms. The Labute approximate surface area is 87.8 Å². The van der Waals surface area contributed by atoms with Crippen LogP contribution in [0.4, 0.5) is 0 Å². The van der Waals surface area contributed by atoms with Crippen molar-refractivity contribution >= 4 is 0 Å². The van der Waals surface area contributed by atoms with Gasteiger partial charge in [0.1, 0.15) is 0 Å². The summed E-state index contributed by atoms with van der Waals surface area (Å²) >= 11 is 0. The summed E-state index contributed by atoms with van der Waals surface area (Å²) in [6, 6.07) is 0. The first-order valence-electron chi connectivity index (χ1n) is 5.01. The fourth-order valence-electron chi connectivity index (χ4n) is 1.50. The smallest absolute Gasteiger partial charge is 0.0725 e. The molecular weight excluding hydrogens is 172 g/mol. The summed E-state index contributed by atoms with van der Waals surface area (Å²) in [5.41, 5.74) is 5.97. The van der Waals surface area contributed by atoms with Crippen molar-refractivity contribution in [3.05, 3.63) is 38.0 Å². The molecular formula is C12H22N2. The molecule has 1 atom stereocenters. The van der Waals surface area contributed by atoms with Crippen molar-refractivity contribution in [2.75, 3.05) is 13.1 Å². The zero-order valence-corrected chi connectivity index (χ0v) is 9.21. The molecule has 0 rings (SSSR count). The van der Waals surface area contributed by atoms with E-state index in [9.17, 15) is 0 Å². The van der Waals surface area contributed by atoms with Crippen molar-refractivity contribution < 1.29 is 0 Å². The van der Waals surface area contributed by atoms with E-state index < -0.39 is 0 Å². The Kier molecular flexibility index (Phi) is 6.17. The van der Waals surface area contributed by atoms with E-state index in [0.29, 0.717) is 0 Å². The molecule has 0 aliphatic carbocycles. The van der Waals surface area contributed by atoms with Crippen molar-refractivity contribution in [1.29, 1.82) is 0 Å². The number of hydrogen-bond acceptors (Lipinski definition) is 2. The van der Waals surface area contributed by atoms with Crippen LogP contribution in [0.25, 0.3) is 0 Å². The Balaban J connectivity index is 4.60. The van der Waals surface area contributed by atoms with Crippen LogP contribution in [0.5, 0.6) is 0 Å². The molecule has 0 aliphatic heterocycles. The molecule has 0 aromatic carbocycles. The van der Waals surface area contributed by atoms with Crippen LogP contribution in [0.15, 0.2) is 38.0 Å². The van der Waals surface area contributed by atoms with Crippen LogP contribution in [0, 0.1) is 0 Å². The minimum atomic E-state index is -0.315. The molecule has 1 unspecified atom stereocenters. The Morgan fingerprint density at radius 1 is 1.14 bits per heavy atom. The first-order chi connectivity index (χ1) is 6.64. The van der Waals surface area contributed by atoms with E-state index >= 15 is 0 Å². The van der Waals surface area contributed by atoms with Gasteiger partial charge in [-0.15, -0.1) is 19.7 Å². The Bertz CT molecular complexity index is 188. The van der Waals surface area contributed by atoms with Gasteiger partial charge in [-0.2, -0.15) is 0 Å². The number of nitrogens with zero attached hydrogens (tertiary/aromatic N) is 1. The summed E-state index contributed by atoms with van der Waals surface area (Å²) in [7, 11) is 0. The van der Waals surface area contributed by atoms with Crippen molar-refractivity contribution in [3.63, 3.8) is 0 Å². The molecule has 0 amide bonds. The van der Waals surface area contributed by atoms with Gasteiger partial charge in [0.15, 0.2) is 0 Å². The van der Waals surface area contributed by atoms with E-state index in [2.05, 4.69) is 31.6 Å². The highest BCUT2D eigenvalue weighted by atomic mass is 15.3. The van der Waals surface area contributed by atoms with Gasteiger partial charge in [-0.05, 0) is 12.8 Å². The summed E-state index contributed by atoms with van der Waals surface area (Å²) < 4.78 is 0. The highest BCUT2D eigenvalue weighted by Gasteiger charge is 2.27. The third-order valence-corrected chi connectivity index (χ3v) is 2.44. The van der Waals surface area contributed by atoms with Crippen LogP contribution in [-0.4, -0.2) is 23.7 Å². The molecule has 0 bridgehead atoms. The maximum absolute atomic E-state index is 6.28. The molecule has 2 heteroatoms. The SMILES string of the molecule is C=CCN(CC=C)C(N)(CC)CC=C. The van der Waals surface area contributed by atoms with Crippen molar-refractivity contribution in [3.8, 4) is 0 Å². The second kappa shape index (κ2) is 6.57. The third-order valence-electron chi connectivity index (χ3n) is 2.44. The molecule has 0 aliphatic rings. The molecule has 0 fully saturated rings. The number of rotatable bonds is 8. The molecule has 0 heterocycles. The summed E-state index contributed by atoms with van der Waals surface area (Å²) in [4.78, 5) is 2.16. The van der Waals surface area contributed by atoms with Gasteiger partial charge < -0.3 is 5.73 Å². The Morgan fingerprint density at radius 2 is 1.64 bits per heavy atom. The predicted molar refractivity (Wildman–Crippen MR) is 64.0 cm³/mol. The fourth-order valence-corrected chi connectivity index (χ4v) is 1.50. The molecule has 14 heavy (non-hydrogen) atoms. The van der Waals surface area contributed by atoms with E-state index in [4.69, 9.17) is 5.73 Å². The van der Waals surface area contributed by atoms with Crippen LogP contribution in [0.3, 0.4) is 0 Å². The largest absolute Gasteiger partial charge is 0.313 e. The van der Waals surface area contributed by atoms with Crippen molar-refractivity contribution in [2.45, 2.75) is 25.4 Å². The molecule has 0 saturated heterocycles. The van der Waals surface area contributed by atoms with Gasteiger partial charge in [-0.1, -0.05) is 25.2 Å². The molecule has 0 aromatic heterocycles. The van der Waals surface area contributed by atoms with Crippen molar-refractivity contribution in [1.82, 2.24) is 4.90 Å². The van der Waals surface area contributed by atoms with E-state index in [-0.39, 0.29) is 5.66 Å². The van der Waals surface area contributed by atoms with E-state index in [1.165, 1.54) is 0 Å². The lowest BCUT2D eigenvalue weighted by Gasteiger charge is -2.39. The normalized spacial score (nSPS) is 14.8. The van der Waals surface area contributed by atoms with Crippen LogP contribution < -0.4 is 5.73 Å². The fraction of sp³-hybridized carbons (Fsp3) is 0.500. The lowest BCUT2D eigenvalue weighted by Crippen LogP contribution is -2.55. The minimum absolute atomic E-state index is 0.315. The standard InChI is InChI=1S/C12H22N2/c1-5-9-12(13,8-4)14(10-6-2)11-7-3/h5-7H,1-3,8-11,13H2,4H3. The average Bonchev–Trinajstić information content (AvgIpc) is 2.18. The molecule has 0 radical (unpaired) electrons. The summed E-state index contributed by atoms with van der Waals surface area (Å²) in [6.07, 6.45) is 7.27. The zero-order valence-electron chi connectivity index (χ0n) is 9.21. The Morgan fingerprint density at radius 3 is 1.93 bits per heavy atom. The highest BCUT2D eigenvalue weighted by molar-refractivity contribution is 4.94. The minimum Gasteiger partial charge on any atom is -0.313 e. The van der Waals surface area contributed by atoms with E-state index in [1.54, 1.807) is 0 Å². The predicted octanol–water partition coefficient (Wildman–Crippen LogP) is 2.30. The monoisotopic (exact) mass is 194 g/mol. The molecule has 2 N–H and O–H groups in total. The second-order valence-electron chi connectivity index (χ2n) is 3.43. The van der Waals surface area contributed by atoms with E-state index in [1.807, 2.05) is 18.2 Å². The van der Waals surface area contributed by atoms with E-state index in [0.717, 1.165) is 25.9 Å². The molecule has 2 nitrogen and oxygen atoms in total. The lowest BCUT2D eigenvalue weighted by atomic mass is 10.0. The second-order valence-corrected chi connectivity index (χ2v) is 3.43. The van der Waals surface area contributed by atoms with Gasteiger partial charge in [0.05, 0.1) is 5.66 Å². The topological polar surface area (TPSA) is 29.3 Å². The van der Waals surface area contributed by atoms with Crippen LogP contribution in [-0.2, 0) is 0 Å². The maximum Gasteiger partial charge on any atom is 0.0725 e. The van der Waals surface area contributed by atoms with Gasteiger partial charge in [0.25, 0.3) is 0 Å². The first-order valence-corrected chi connectivity index (χ1v) is 5.01. The van der Waals surface area contributed by atoms with Crippen molar-refractivity contribution in [2.24, 2.45) is 5.73 Å². The molecule has 0 aromatic rings. The van der Waals surface area contributed by atoms with Gasteiger partial charge in [0, 0.05) is 13.1 Å². The quantitative estimate of drug-likeness (QED) is 0.474. The van der Waals surface area contributed by atoms with Gasteiger partial charge in [0.2, 0.25) is 0 Å². The maximum atomic E-state index is 6.28. The van der Waals surface area contributed by atoms with Gasteiger partial charge in [-0.3, -0.25) is 4.90 Å². The Hall–Kier alpha value is -0.860. The third kappa shape index (κ3) is 3.48. The average molecular weight is 194 g/mol. The molecule has 80 valence electrons. The highest BCUT2D eigenvalue weighted by Crippen LogP contribution is 2.18. The van der Waals surface area contributed by atoms with Crippen LogP contribution in [0.2, 0.25) is 0 Å². The van der Waals surface area contributed by atoms with Crippen LogP contribution in [0.1, 0.15) is 19.8 Å². The first kappa shape index (κ1) is 13.1. The summed E-state index contributed by atoms with van der Waals surface area (Å²) in [5, 5.41) is 0. The zero-order chi connectivity index (χ0) is 11.0. The van der Waals surface area contributed by atoms with Crippen LogP contribution >= 0.6 is 0 Å².